The molecule has 2 N–H and O–H groups in total. The molecule has 4 nitrogen and oxygen atoms in total. The molecular formula is C9H14N4. The van der Waals surface area contributed by atoms with Crippen molar-refractivity contribution in [2.45, 2.75) is 19.8 Å². The standard InChI is InChI=1S/C9H14N4/c1-3-4-5-13(2)9(12)8(6-10)7-11/h3-5,12H2,1-2H3. The van der Waals surface area contributed by atoms with Crippen LogP contribution in [-0.4, -0.2) is 18.5 Å². The molecule has 0 atom stereocenters. The Kier molecular flexibility index (Phi) is 5.14. The lowest BCUT2D eigenvalue weighted by Gasteiger charge is -2.18. The highest BCUT2D eigenvalue weighted by Gasteiger charge is 2.05. The summed E-state index contributed by atoms with van der Waals surface area (Å²) >= 11 is 0. The van der Waals surface area contributed by atoms with Gasteiger partial charge in [0.15, 0.2) is 5.57 Å². The van der Waals surface area contributed by atoms with Crippen LogP contribution in [0.1, 0.15) is 19.8 Å². The molecule has 0 unspecified atom stereocenters. The topological polar surface area (TPSA) is 76.8 Å². The number of nitrogens with two attached hydrogens (primary N) is 1. The van der Waals surface area contributed by atoms with Gasteiger partial charge in [0, 0.05) is 13.6 Å². The second kappa shape index (κ2) is 5.91. The van der Waals surface area contributed by atoms with Crippen LogP contribution >= 0.6 is 0 Å². The van der Waals surface area contributed by atoms with Gasteiger partial charge in [-0.15, -0.1) is 0 Å². The van der Waals surface area contributed by atoms with Crippen molar-refractivity contribution in [1.29, 1.82) is 10.5 Å². The summed E-state index contributed by atoms with van der Waals surface area (Å²) in [6.45, 7) is 2.85. The van der Waals surface area contributed by atoms with Crippen LogP contribution in [0.4, 0.5) is 0 Å². The highest BCUT2D eigenvalue weighted by atomic mass is 15.2. The maximum atomic E-state index is 8.53. The largest absolute Gasteiger partial charge is 0.384 e. The van der Waals surface area contributed by atoms with Crippen molar-refractivity contribution in [3.63, 3.8) is 0 Å². The first-order valence-corrected chi connectivity index (χ1v) is 4.18. The lowest BCUT2D eigenvalue weighted by atomic mass is 10.3. The molecule has 0 aliphatic carbocycles. The molecule has 0 bridgehead atoms. The van der Waals surface area contributed by atoms with E-state index >= 15 is 0 Å². The van der Waals surface area contributed by atoms with Gasteiger partial charge < -0.3 is 10.6 Å². The average Bonchev–Trinajstić information content (AvgIpc) is 2.15. The van der Waals surface area contributed by atoms with Crippen molar-refractivity contribution in [3.05, 3.63) is 11.4 Å². The molecule has 0 fully saturated rings. The van der Waals surface area contributed by atoms with Crippen molar-refractivity contribution in [2.24, 2.45) is 5.73 Å². The van der Waals surface area contributed by atoms with E-state index < -0.39 is 0 Å². The molecule has 13 heavy (non-hydrogen) atoms. The van der Waals surface area contributed by atoms with Gasteiger partial charge in [-0.25, -0.2) is 0 Å². The first kappa shape index (κ1) is 11.3. The SMILES string of the molecule is CCCCN(C)C(N)=C(C#N)C#N. The normalized spacial score (nSPS) is 8.31. The van der Waals surface area contributed by atoms with Gasteiger partial charge in [-0.1, -0.05) is 13.3 Å². The lowest BCUT2D eigenvalue weighted by Crippen LogP contribution is -2.25. The van der Waals surface area contributed by atoms with E-state index in [2.05, 4.69) is 6.92 Å². The van der Waals surface area contributed by atoms with Crippen LogP contribution in [0, 0.1) is 22.7 Å². The van der Waals surface area contributed by atoms with Crippen molar-refractivity contribution in [1.82, 2.24) is 4.90 Å². The third-order valence-electron chi connectivity index (χ3n) is 1.74. The van der Waals surface area contributed by atoms with Crippen molar-refractivity contribution < 1.29 is 0 Å². The van der Waals surface area contributed by atoms with Gasteiger partial charge in [0.05, 0.1) is 0 Å². The Hall–Kier alpha value is -1.68. The number of nitrogens with zero attached hydrogens (tertiary/aromatic N) is 3. The van der Waals surface area contributed by atoms with Gasteiger partial charge in [-0.3, -0.25) is 0 Å². The maximum Gasteiger partial charge on any atom is 0.169 e. The van der Waals surface area contributed by atoms with E-state index in [0.717, 1.165) is 19.4 Å². The lowest BCUT2D eigenvalue weighted by molar-refractivity contribution is 0.400. The summed E-state index contributed by atoms with van der Waals surface area (Å²) in [5.41, 5.74) is 5.57. The maximum absolute atomic E-state index is 8.53. The van der Waals surface area contributed by atoms with Crippen LogP contribution in [-0.2, 0) is 0 Å². The zero-order valence-corrected chi connectivity index (χ0v) is 8.04. The average molecular weight is 178 g/mol. The van der Waals surface area contributed by atoms with E-state index in [1.54, 1.807) is 24.1 Å². The Morgan fingerprint density at radius 3 is 2.31 bits per heavy atom. The Morgan fingerprint density at radius 2 is 1.92 bits per heavy atom. The fourth-order valence-corrected chi connectivity index (χ4v) is 0.846. The summed E-state index contributed by atoms with van der Waals surface area (Å²) in [7, 11) is 1.78. The highest BCUT2D eigenvalue weighted by Crippen LogP contribution is 2.02. The summed E-state index contributed by atoms with van der Waals surface area (Å²) in [5, 5.41) is 17.1. The molecule has 0 saturated heterocycles. The fourth-order valence-electron chi connectivity index (χ4n) is 0.846. The van der Waals surface area contributed by atoms with E-state index in [-0.39, 0.29) is 11.4 Å². The zero-order chi connectivity index (χ0) is 10.3. The molecule has 0 aromatic heterocycles. The molecule has 0 amide bonds. The number of nitriles is 2. The molecule has 0 heterocycles. The Morgan fingerprint density at radius 1 is 1.38 bits per heavy atom. The Labute approximate surface area is 78.9 Å². The molecule has 0 aromatic rings. The smallest absolute Gasteiger partial charge is 0.169 e. The molecule has 0 spiro atoms. The first-order chi connectivity index (χ1) is 6.17. The van der Waals surface area contributed by atoms with E-state index in [9.17, 15) is 0 Å². The van der Waals surface area contributed by atoms with Crippen LogP contribution < -0.4 is 5.73 Å². The molecule has 70 valence electrons. The van der Waals surface area contributed by atoms with Gasteiger partial charge in [0.1, 0.15) is 18.0 Å². The third kappa shape index (κ3) is 3.48. The minimum absolute atomic E-state index is 0.0152. The fraction of sp³-hybridized carbons (Fsp3) is 0.556. The van der Waals surface area contributed by atoms with Crippen LogP contribution in [0.2, 0.25) is 0 Å². The van der Waals surface area contributed by atoms with Crippen LogP contribution in [0.3, 0.4) is 0 Å². The molecular weight excluding hydrogens is 164 g/mol. The molecule has 0 aromatic carbocycles. The second-order valence-corrected chi connectivity index (χ2v) is 2.76. The predicted octanol–water partition coefficient (Wildman–Crippen LogP) is 0.936. The molecule has 0 aliphatic rings. The third-order valence-corrected chi connectivity index (χ3v) is 1.74. The minimum Gasteiger partial charge on any atom is -0.384 e. The Bertz CT molecular complexity index is 250. The van der Waals surface area contributed by atoms with E-state index in [4.69, 9.17) is 16.3 Å². The summed E-state index contributed by atoms with van der Waals surface area (Å²) in [6, 6.07) is 3.52. The summed E-state index contributed by atoms with van der Waals surface area (Å²) in [6.07, 6.45) is 2.06. The number of rotatable bonds is 4. The molecule has 0 rings (SSSR count). The van der Waals surface area contributed by atoms with Gasteiger partial charge in [-0.05, 0) is 6.42 Å². The van der Waals surface area contributed by atoms with Gasteiger partial charge in [-0.2, -0.15) is 10.5 Å². The van der Waals surface area contributed by atoms with E-state index in [0.29, 0.717) is 0 Å². The highest BCUT2D eigenvalue weighted by molar-refractivity contribution is 5.38. The zero-order valence-electron chi connectivity index (χ0n) is 8.04. The quantitative estimate of drug-likeness (QED) is 0.650. The summed E-state index contributed by atoms with van der Waals surface area (Å²) < 4.78 is 0. The minimum atomic E-state index is -0.0152. The van der Waals surface area contributed by atoms with Crippen molar-refractivity contribution >= 4 is 0 Å². The van der Waals surface area contributed by atoms with E-state index in [1.165, 1.54) is 0 Å². The second-order valence-electron chi connectivity index (χ2n) is 2.76. The van der Waals surface area contributed by atoms with Gasteiger partial charge >= 0.3 is 0 Å². The predicted molar refractivity (Wildman–Crippen MR) is 50.0 cm³/mol. The number of hydrogen-bond donors (Lipinski definition) is 1. The number of allylic oxidation sites excluding steroid dienone is 1. The number of hydrogen-bond acceptors (Lipinski definition) is 4. The van der Waals surface area contributed by atoms with Gasteiger partial charge in [0.2, 0.25) is 0 Å². The van der Waals surface area contributed by atoms with Gasteiger partial charge in [0.25, 0.3) is 0 Å². The van der Waals surface area contributed by atoms with Crippen LogP contribution in [0.25, 0.3) is 0 Å². The molecule has 0 aliphatic heterocycles. The van der Waals surface area contributed by atoms with Crippen LogP contribution in [0.15, 0.2) is 11.4 Å². The number of unbranched alkanes of at least 4 members (excludes halogenated alkanes) is 1. The summed E-state index contributed by atoms with van der Waals surface area (Å²) in [4.78, 5) is 1.73. The summed E-state index contributed by atoms with van der Waals surface area (Å²) in [5.74, 6) is 0.262. The first-order valence-electron chi connectivity index (χ1n) is 4.18. The molecule has 0 saturated carbocycles. The molecule has 4 heteroatoms. The monoisotopic (exact) mass is 178 g/mol. The van der Waals surface area contributed by atoms with E-state index in [1.807, 2.05) is 0 Å². The van der Waals surface area contributed by atoms with Crippen LogP contribution in [0.5, 0.6) is 0 Å². The van der Waals surface area contributed by atoms with Crippen molar-refractivity contribution in [2.75, 3.05) is 13.6 Å². The molecule has 0 radical (unpaired) electrons. The van der Waals surface area contributed by atoms with Crippen molar-refractivity contribution in [3.8, 4) is 12.1 Å². The Balaban J connectivity index is 4.41.